The van der Waals surface area contributed by atoms with E-state index in [4.69, 9.17) is 4.74 Å². The van der Waals surface area contributed by atoms with Crippen LogP contribution in [-0.2, 0) is 4.74 Å². The molecule has 0 aliphatic carbocycles. The summed E-state index contributed by atoms with van der Waals surface area (Å²) in [5.41, 5.74) is -0.100. The van der Waals surface area contributed by atoms with Crippen molar-refractivity contribution in [2.75, 3.05) is 5.32 Å². The lowest BCUT2D eigenvalue weighted by Crippen LogP contribution is -2.30. The van der Waals surface area contributed by atoms with Crippen LogP contribution < -0.4 is 5.32 Å². The summed E-state index contributed by atoms with van der Waals surface area (Å²) in [6.07, 6.45) is -0.774. The van der Waals surface area contributed by atoms with E-state index in [9.17, 15) is 4.79 Å². The van der Waals surface area contributed by atoms with Crippen LogP contribution in [0.25, 0.3) is 0 Å². The number of nitrogens with one attached hydrogen (secondary N) is 2. The molecule has 0 aromatic carbocycles. The fraction of sp³-hybridized carbons (Fsp3) is 0.750. The van der Waals surface area contributed by atoms with Crippen molar-refractivity contribution in [1.82, 2.24) is 20.6 Å². The maximum atomic E-state index is 11.3. The van der Waals surface area contributed by atoms with Gasteiger partial charge in [-0.05, 0) is 22.8 Å². The number of tetrazole rings is 1. The SMILES string of the molecule is C[C@@H](OC(=O)Nc1nnn[nH]1)C(C)(C)C. The second kappa shape index (κ2) is 4.24. The molecule has 0 bridgehead atoms. The van der Waals surface area contributed by atoms with Gasteiger partial charge in [0.15, 0.2) is 0 Å². The van der Waals surface area contributed by atoms with Crippen molar-refractivity contribution in [3.8, 4) is 0 Å². The topological polar surface area (TPSA) is 92.8 Å². The van der Waals surface area contributed by atoms with E-state index in [2.05, 4.69) is 25.9 Å². The minimum absolute atomic E-state index is 0.100. The van der Waals surface area contributed by atoms with Gasteiger partial charge in [-0.25, -0.2) is 9.89 Å². The number of carbonyl (C=O) groups excluding carboxylic acids is 1. The first-order chi connectivity index (χ1) is 6.89. The highest BCUT2D eigenvalue weighted by molar-refractivity contribution is 5.82. The molecule has 0 aliphatic rings. The van der Waals surface area contributed by atoms with E-state index in [0.29, 0.717) is 0 Å². The number of hydrogen-bond acceptors (Lipinski definition) is 5. The third-order valence-electron chi connectivity index (χ3n) is 2.07. The minimum atomic E-state index is -0.573. The maximum absolute atomic E-state index is 11.3. The molecule has 1 rings (SSSR count). The highest BCUT2D eigenvalue weighted by atomic mass is 16.6. The van der Waals surface area contributed by atoms with Gasteiger partial charge < -0.3 is 4.74 Å². The molecule has 2 N–H and O–H groups in total. The summed E-state index contributed by atoms with van der Waals surface area (Å²) in [5.74, 6) is 0.168. The number of aromatic nitrogens is 4. The molecular weight excluding hydrogens is 198 g/mol. The van der Waals surface area contributed by atoms with Crippen molar-refractivity contribution in [2.45, 2.75) is 33.8 Å². The Bertz CT molecular complexity index is 316. The Labute approximate surface area is 87.6 Å². The van der Waals surface area contributed by atoms with Crippen LogP contribution in [0.4, 0.5) is 10.7 Å². The molecule has 1 amide bonds. The van der Waals surface area contributed by atoms with Crippen molar-refractivity contribution in [3.05, 3.63) is 0 Å². The summed E-state index contributed by atoms with van der Waals surface area (Å²) in [6, 6.07) is 0. The van der Waals surface area contributed by atoms with Crippen LogP contribution in [0.3, 0.4) is 0 Å². The van der Waals surface area contributed by atoms with Gasteiger partial charge in [0, 0.05) is 0 Å². The van der Waals surface area contributed by atoms with E-state index in [1.54, 1.807) is 0 Å². The number of carbonyl (C=O) groups is 1. The van der Waals surface area contributed by atoms with Gasteiger partial charge in [0.25, 0.3) is 0 Å². The van der Waals surface area contributed by atoms with E-state index < -0.39 is 6.09 Å². The molecule has 0 saturated carbocycles. The molecule has 84 valence electrons. The normalized spacial score (nSPS) is 13.3. The molecule has 0 spiro atoms. The fourth-order valence-electron chi connectivity index (χ4n) is 0.676. The standard InChI is InChI=1S/C8H15N5O2/c1-5(8(2,3)4)15-7(14)9-6-10-12-13-11-6/h5H,1-4H3,(H2,9,10,11,12,13,14)/t5-/m1/s1. The van der Waals surface area contributed by atoms with Gasteiger partial charge >= 0.3 is 6.09 Å². The molecule has 0 saturated heterocycles. The number of hydrogen-bond donors (Lipinski definition) is 2. The highest BCUT2D eigenvalue weighted by Crippen LogP contribution is 2.21. The van der Waals surface area contributed by atoms with E-state index in [-0.39, 0.29) is 17.5 Å². The fourth-order valence-corrected chi connectivity index (χ4v) is 0.676. The summed E-state index contributed by atoms with van der Waals surface area (Å²) >= 11 is 0. The Morgan fingerprint density at radius 1 is 1.53 bits per heavy atom. The molecular formula is C8H15N5O2. The first-order valence-corrected chi connectivity index (χ1v) is 4.61. The number of aromatic amines is 1. The Hall–Kier alpha value is -1.66. The van der Waals surface area contributed by atoms with Gasteiger partial charge in [-0.3, -0.25) is 5.32 Å². The molecule has 7 heteroatoms. The van der Waals surface area contributed by atoms with Crippen LogP contribution in [0.2, 0.25) is 0 Å². The smallest absolute Gasteiger partial charge is 0.414 e. The summed E-state index contributed by atoms with van der Waals surface area (Å²) < 4.78 is 5.12. The molecule has 1 heterocycles. The lowest BCUT2D eigenvalue weighted by Gasteiger charge is -2.26. The van der Waals surface area contributed by atoms with Crippen LogP contribution in [0.5, 0.6) is 0 Å². The summed E-state index contributed by atoms with van der Waals surface area (Å²) in [6.45, 7) is 7.79. The molecule has 0 fully saturated rings. The molecule has 1 atom stereocenters. The van der Waals surface area contributed by atoms with E-state index in [1.807, 2.05) is 27.7 Å². The van der Waals surface area contributed by atoms with Crippen molar-refractivity contribution >= 4 is 12.0 Å². The zero-order valence-corrected chi connectivity index (χ0v) is 9.24. The van der Waals surface area contributed by atoms with Gasteiger partial charge in [-0.2, -0.15) is 0 Å². The Morgan fingerprint density at radius 3 is 2.67 bits per heavy atom. The van der Waals surface area contributed by atoms with Crippen molar-refractivity contribution < 1.29 is 9.53 Å². The third-order valence-corrected chi connectivity index (χ3v) is 2.07. The van der Waals surface area contributed by atoms with Gasteiger partial charge in [0.2, 0.25) is 5.95 Å². The zero-order valence-electron chi connectivity index (χ0n) is 9.24. The van der Waals surface area contributed by atoms with E-state index >= 15 is 0 Å². The van der Waals surface area contributed by atoms with E-state index in [1.165, 1.54) is 0 Å². The predicted octanol–water partition coefficient (Wildman–Crippen LogP) is 1.18. The number of anilines is 1. The summed E-state index contributed by atoms with van der Waals surface area (Å²) in [4.78, 5) is 11.3. The molecule has 1 aromatic heterocycles. The Morgan fingerprint density at radius 2 is 2.20 bits per heavy atom. The zero-order chi connectivity index (χ0) is 11.5. The molecule has 0 aliphatic heterocycles. The largest absolute Gasteiger partial charge is 0.446 e. The van der Waals surface area contributed by atoms with E-state index in [0.717, 1.165) is 0 Å². The number of ether oxygens (including phenoxy) is 1. The van der Waals surface area contributed by atoms with Crippen LogP contribution in [0, 0.1) is 5.41 Å². The predicted molar refractivity (Wildman–Crippen MR) is 53.2 cm³/mol. The molecule has 0 unspecified atom stereocenters. The first kappa shape index (κ1) is 11.4. The number of rotatable bonds is 2. The lowest BCUT2D eigenvalue weighted by atomic mass is 9.90. The van der Waals surface area contributed by atoms with Crippen molar-refractivity contribution in [2.24, 2.45) is 5.41 Å². The average Bonchev–Trinajstić information content (AvgIpc) is 2.54. The molecule has 1 aromatic rings. The third kappa shape index (κ3) is 3.53. The monoisotopic (exact) mass is 213 g/mol. The van der Waals surface area contributed by atoms with Gasteiger partial charge in [0.05, 0.1) is 0 Å². The Balaban J connectivity index is 2.43. The number of nitrogens with zero attached hydrogens (tertiary/aromatic N) is 3. The number of H-pyrrole nitrogens is 1. The van der Waals surface area contributed by atoms with Crippen LogP contribution in [0.15, 0.2) is 0 Å². The van der Waals surface area contributed by atoms with Crippen LogP contribution in [-0.4, -0.2) is 32.8 Å². The quantitative estimate of drug-likeness (QED) is 0.769. The first-order valence-electron chi connectivity index (χ1n) is 4.61. The molecule has 7 nitrogen and oxygen atoms in total. The maximum Gasteiger partial charge on any atom is 0.414 e. The van der Waals surface area contributed by atoms with Crippen molar-refractivity contribution in [1.29, 1.82) is 0 Å². The second-order valence-electron chi connectivity index (χ2n) is 4.29. The molecule has 0 radical (unpaired) electrons. The minimum Gasteiger partial charge on any atom is -0.446 e. The number of amides is 1. The Kier molecular flexibility index (Phi) is 3.23. The van der Waals surface area contributed by atoms with Crippen LogP contribution >= 0.6 is 0 Å². The van der Waals surface area contributed by atoms with Gasteiger partial charge in [-0.1, -0.05) is 25.9 Å². The lowest BCUT2D eigenvalue weighted by molar-refractivity contribution is 0.0526. The second-order valence-corrected chi connectivity index (χ2v) is 4.29. The van der Waals surface area contributed by atoms with Crippen molar-refractivity contribution in [3.63, 3.8) is 0 Å². The summed E-state index contributed by atoms with van der Waals surface area (Å²) in [7, 11) is 0. The van der Waals surface area contributed by atoms with Gasteiger partial charge in [0.1, 0.15) is 6.10 Å². The molecule has 15 heavy (non-hydrogen) atoms. The van der Waals surface area contributed by atoms with Crippen LogP contribution in [0.1, 0.15) is 27.7 Å². The highest BCUT2D eigenvalue weighted by Gasteiger charge is 2.24. The average molecular weight is 213 g/mol. The summed E-state index contributed by atoms with van der Waals surface area (Å²) in [5, 5.41) is 14.9. The van der Waals surface area contributed by atoms with Gasteiger partial charge in [-0.15, -0.1) is 0 Å².